The molecule has 2 saturated carbocycles. The molecule has 1 aromatic carbocycles. The highest BCUT2D eigenvalue weighted by atomic mass is 32.1. The van der Waals surface area contributed by atoms with Crippen molar-refractivity contribution in [3.05, 3.63) is 53.7 Å². The second-order valence-corrected chi connectivity index (χ2v) is 13.2. The van der Waals surface area contributed by atoms with E-state index in [1.54, 1.807) is 14.7 Å². The van der Waals surface area contributed by atoms with Gasteiger partial charge >= 0.3 is 12.0 Å². The number of aromatic nitrogens is 2. The Morgan fingerprint density at radius 1 is 1.02 bits per heavy atom. The van der Waals surface area contributed by atoms with Crippen LogP contribution in [-0.4, -0.2) is 76.0 Å². The lowest BCUT2D eigenvalue weighted by molar-refractivity contribution is -0.141. The maximum atomic E-state index is 13.9. The minimum atomic E-state index is -0.920. The number of carboxylic acids is 1. The number of thiazole rings is 1. The molecule has 0 bridgehead atoms. The summed E-state index contributed by atoms with van der Waals surface area (Å²) in [5, 5.41) is 12.3. The molecule has 1 saturated heterocycles. The third-order valence-electron chi connectivity index (χ3n) is 9.07. The van der Waals surface area contributed by atoms with Crippen molar-refractivity contribution in [3.8, 4) is 22.4 Å². The van der Waals surface area contributed by atoms with Crippen LogP contribution in [0.4, 0.5) is 9.93 Å². The summed E-state index contributed by atoms with van der Waals surface area (Å²) in [5.74, 6) is -0.964. The fraction of sp³-hybridized carbons (Fsp3) is 0.485. The van der Waals surface area contributed by atoms with Crippen LogP contribution in [0.15, 0.2) is 48.0 Å². The second kappa shape index (κ2) is 12.4. The van der Waals surface area contributed by atoms with Crippen molar-refractivity contribution in [2.75, 3.05) is 32.1 Å². The van der Waals surface area contributed by atoms with Crippen LogP contribution in [0, 0.1) is 11.8 Å². The van der Waals surface area contributed by atoms with E-state index in [0.717, 1.165) is 66.6 Å². The van der Waals surface area contributed by atoms with Gasteiger partial charge in [0.25, 0.3) is 0 Å². The van der Waals surface area contributed by atoms with Gasteiger partial charge in [-0.1, -0.05) is 56.0 Å². The predicted molar refractivity (Wildman–Crippen MR) is 167 cm³/mol. The number of pyridine rings is 1. The molecule has 6 rings (SSSR count). The molecule has 10 heteroatoms. The molecule has 1 atom stereocenters. The zero-order valence-electron chi connectivity index (χ0n) is 24.8. The molecule has 1 N–H and O–H groups in total. The summed E-state index contributed by atoms with van der Waals surface area (Å²) in [4.78, 5) is 52.8. The van der Waals surface area contributed by atoms with Gasteiger partial charge in [-0.15, -0.1) is 11.3 Å². The molecule has 3 fully saturated rings. The largest absolute Gasteiger partial charge is 0.481 e. The van der Waals surface area contributed by atoms with Gasteiger partial charge in [0, 0.05) is 73.5 Å². The number of benzene rings is 1. The fourth-order valence-corrected chi connectivity index (χ4v) is 7.61. The van der Waals surface area contributed by atoms with E-state index in [1.807, 2.05) is 49.9 Å². The van der Waals surface area contributed by atoms with Crippen LogP contribution in [0.25, 0.3) is 22.4 Å². The van der Waals surface area contributed by atoms with Crippen LogP contribution in [0.2, 0.25) is 0 Å². The number of nitrogens with zero attached hydrogens (tertiary/aromatic N) is 5. The summed E-state index contributed by atoms with van der Waals surface area (Å²) < 4.78 is 0. The number of likely N-dealkylation sites (N-methyl/N-ethyl adjacent to an activating group) is 2. The highest BCUT2D eigenvalue weighted by Gasteiger charge is 2.40. The summed E-state index contributed by atoms with van der Waals surface area (Å²) in [7, 11) is 3.63. The Hall–Kier alpha value is -3.79. The van der Waals surface area contributed by atoms with Gasteiger partial charge in [-0.05, 0) is 36.8 Å². The van der Waals surface area contributed by atoms with Gasteiger partial charge in [-0.25, -0.2) is 9.78 Å². The molecule has 3 amide bonds. The molecule has 0 spiro atoms. The first-order chi connectivity index (χ1) is 20.8. The van der Waals surface area contributed by atoms with Crippen molar-refractivity contribution >= 4 is 34.4 Å². The van der Waals surface area contributed by atoms with Crippen molar-refractivity contribution in [1.29, 1.82) is 0 Å². The van der Waals surface area contributed by atoms with Gasteiger partial charge < -0.3 is 14.9 Å². The Labute approximate surface area is 256 Å². The smallest absolute Gasteiger partial charge is 0.319 e. The maximum absolute atomic E-state index is 13.9. The van der Waals surface area contributed by atoms with Gasteiger partial charge in [0.05, 0.1) is 12.1 Å². The van der Waals surface area contributed by atoms with E-state index in [-0.39, 0.29) is 30.3 Å². The number of hydrogen-bond acceptors (Lipinski definition) is 6. The number of carboxylic acid groups (broad SMARTS) is 1. The molecular weight excluding hydrogens is 562 g/mol. The van der Waals surface area contributed by atoms with Crippen LogP contribution in [0.3, 0.4) is 0 Å². The number of urea groups is 1. The third kappa shape index (κ3) is 6.44. The van der Waals surface area contributed by atoms with Gasteiger partial charge in [-0.2, -0.15) is 0 Å². The first-order valence-electron chi connectivity index (χ1n) is 15.3. The van der Waals surface area contributed by atoms with E-state index in [4.69, 9.17) is 9.97 Å². The molecule has 2 aliphatic carbocycles. The summed E-state index contributed by atoms with van der Waals surface area (Å²) in [5.41, 5.74) is 4.67. The van der Waals surface area contributed by atoms with Crippen LogP contribution >= 0.6 is 11.3 Å². The van der Waals surface area contributed by atoms with E-state index in [0.29, 0.717) is 30.6 Å². The average molecular weight is 602 g/mol. The van der Waals surface area contributed by atoms with Crippen LogP contribution in [0.5, 0.6) is 0 Å². The molecule has 226 valence electrons. The predicted octanol–water partition coefficient (Wildman–Crippen LogP) is 6.12. The number of hydrogen-bond donors (Lipinski definition) is 1. The third-order valence-corrected chi connectivity index (χ3v) is 9.91. The first-order valence-corrected chi connectivity index (χ1v) is 16.2. The molecule has 2 aromatic heterocycles. The zero-order chi connectivity index (χ0) is 30.1. The Morgan fingerprint density at radius 3 is 2.35 bits per heavy atom. The van der Waals surface area contributed by atoms with E-state index in [9.17, 15) is 19.5 Å². The lowest BCUT2D eigenvalue weighted by Crippen LogP contribution is -2.49. The molecule has 9 nitrogen and oxygen atoms in total. The number of anilines is 1. The van der Waals surface area contributed by atoms with Gasteiger partial charge in [-0.3, -0.25) is 19.5 Å². The molecule has 3 aliphatic rings. The Morgan fingerprint density at radius 2 is 1.72 bits per heavy atom. The highest BCUT2D eigenvalue weighted by Crippen LogP contribution is 2.40. The zero-order valence-corrected chi connectivity index (χ0v) is 25.6. The Kier molecular flexibility index (Phi) is 8.47. The molecule has 0 radical (unpaired) electrons. The van der Waals surface area contributed by atoms with Crippen molar-refractivity contribution in [2.45, 2.75) is 63.3 Å². The topological polar surface area (TPSA) is 107 Å². The van der Waals surface area contributed by atoms with Gasteiger partial charge in [0.15, 0.2) is 5.13 Å². The molecule has 43 heavy (non-hydrogen) atoms. The lowest BCUT2D eigenvalue weighted by Gasteiger charge is -2.36. The van der Waals surface area contributed by atoms with E-state index >= 15 is 0 Å². The van der Waals surface area contributed by atoms with Crippen molar-refractivity contribution in [2.24, 2.45) is 11.8 Å². The quantitative estimate of drug-likeness (QED) is 0.300. The normalized spacial score (nSPS) is 18.7. The molecule has 1 unspecified atom stereocenters. The second-order valence-electron chi connectivity index (χ2n) is 12.4. The standard InChI is InChI=1S/C33H39N5O4S/c1-36-18-24(19-37(2)33(36)42)28-14-11-22(17-34-28)26-9-5-6-10-27(26)29-20-43-32(35-29)38(25-12-13-25)31(41)23(16-30(39)40)15-21-7-3-4-8-21/h5-6,9-11,14,17,20-21,23-25H,3-4,7-8,12-13,15-16,18-19H2,1-2H3,(H,39,40). The van der Waals surface area contributed by atoms with Crippen molar-refractivity contribution in [1.82, 2.24) is 19.8 Å². The maximum Gasteiger partial charge on any atom is 0.319 e. The minimum absolute atomic E-state index is 0.0256. The van der Waals surface area contributed by atoms with E-state index in [1.165, 1.54) is 11.3 Å². The number of aliphatic carboxylic acids is 1. The summed E-state index contributed by atoms with van der Waals surface area (Å²) in [6, 6.07) is 12.3. The lowest BCUT2D eigenvalue weighted by atomic mass is 9.90. The van der Waals surface area contributed by atoms with Crippen LogP contribution in [0.1, 0.15) is 63.0 Å². The van der Waals surface area contributed by atoms with Crippen molar-refractivity contribution < 1.29 is 19.5 Å². The van der Waals surface area contributed by atoms with Crippen molar-refractivity contribution in [3.63, 3.8) is 0 Å². The number of carbonyl (C=O) groups excluding carboxylic acids is 2. The van der Waals surface area contributed by atoms with Gasteiger partial charge in [0.2, 0.25) is 5.91 Å². The molecule has 3 aromatic rings. The number of amides is 3. The summed E-state index contributed by atoms with van der Waals surface area (Å²) in [6.45, 7) is 1.27. The monoisotopic (exact) mass is 601 g/mol. The van der Waals surface area contributed by atoms with Gasteiger partial charge in [0.1, 0.15) is 0 Å². The van der Waals surface area contributed by atoms with Crippen LogP contribution in [-0.2, 0) is 9.59 Å². The highest BCUT2D eigenvalue weighted by molar-refractivity contribution is 7.14. The SMILES string of the molecule is CN1CC(c2ccc(-c3ccccc3-c3csc(N(C(=O)C(CC(=O)O)CC4CCCC4)C4CC4)n3)cn2)CN(C)C1=O. The minimum Gasteiger partial charge on any atom is -0.481 e. The molecule has 3 heterocycles. The Bertz CT molecular complexity index is 1470. The fourth-order valence-electron chi connectivity index (χ4n) is 6.71. The first kappa shape index (κ1) is 29.3. The summed E-state index contributed by atoms with van der Waals surface area (Å²) in [6.07, 6.45) is 8.71. The number of rotatable bonds is 10. The Balaban J connectivity index is 1.24. The molecular formula is C33H39N5O4S. The summed E-state index contributed by atoms with van der Waals surface area (Å²) >= 11 is 1.45. The van der Waals surface area contributed by atoms with E-state index in [2.05, 4.69) is 12.1 Å². The van der Waals surface area contributed by atoms with E-state index < -0.39 is 11.9 Å². The van der Waals surface area contributed by atoms with Crippen LogP contribution < -0.4 is 4.90 Å². The number of carbonyl (C=O) groups is 3. The average Bonchev–Trinajstić information content (AvgIpc) is 3.47. The molecule has 1 aliphatic heterocycles.